The van der Waals surface area contributed by atoms with Gasteiger partial charge in [-0.25, -0.2) is 0 Å². The number of ether oxygens (including phenoxy) is 1. The lowest BCUT2D eigenvalue weighted by Gasteiger charge is -2.32. The Morgan fingerprint density at radius 1 is 1.21 bits per heavy atom. The van der Waals surface area contributed by atoms with Gasteiger partial charge in [-0.2, -0.15) is 0 Å². The van der Waals surface area contributed by atoms with Crippen LogP contribution in [0.1, 0.15) is 38.2 Å². The van der Waals surface area contributed by atoms with Gasteiger partial charge in [0.05, 0.1) is 24.9 Å². The minimum atomic E-state index is -0.787. The van der Waals surface area contributed by atoms with Crippen molar-refractivity contribution in [2.75, 3.05) is 13.2 Å². The minimum absolute atomic E-state index is 0.0971. The van der Waals surface area contributed by atoms with Crippen molar-refractivity contribution >= 4 is 0 Å². The molecular formula is C16H25NO2. The second-order valence-electron chi connectivity index (χ2n) is 5.87. The quantitative estimate of drug-likeness (QED) is 0.858. The van der Waals surface area contributed by atoms with Crippen molar-refractivity contribution in [1.29, 1.82) is 0 Å². The maximum absolute atomic E-state index is 9.61. The molecule has 106 valence electrons. The molecule has 1 unspecified atom stereocenters. The van der Waals surface area contributed by atoms with E-state index in [1.807, 2.05) is 30.3 Å². The van der Waals surface area contributed by atoms with Crippen molar-refractivity contribution < 1.29 is 9.84 Å². The molecule has 0 aromatic heterocycles. The fourth-order valence-corrected chi connectivity index (χ4v) is 2.65. The Morgan fingerprint density at radius 2 is 1.84 bits per heavy atom. The molecule has 0 radical (unpaired) electrons. The molecular weight excluding hydrogens is 238 g/mol. The third kappa shape index (κ3) is 3.78. The first-order chi connectivity index (χ1) is 9.14. The van der Waals surface area contributed by atoms with Crippen molar-refractivity contribution in [2.45, 2.75) is 44.2 Å². The van der Waals surface area contributed by atoms with E-state index in [1.54, 1.807) is 0 Å². The summed E-state index contributed by atoms with van der Waals surface area (Å²) in [7, 11) is 0. The molecule has 1 aliphatic rings. The van der Waals surface area contributed by atoms with Gasteiger partial charge < -0.3 is 15.6 Å². The van der Waals surface area contributed by atoms with Crippen LogP contribution in [0.5, 0.6) is 0 Å². The van der Waals surface area contributed by atoms with Crippen molar-refractivity contribution in [2.24, 2.45) is 11.7 Å². The third-order valence-electron chi connectivity index (χ3n) is 4.17. The summed E-state index contributed by atoms with van der Waals surface area (Å²) < 4.78 is 5.96. The zero-order valence-corrected chi connectivity index (χ0v) is 11.7. The van der Waals surface area contributed by atoms with Crippen LogP contribution in [0.3, 0.4) is 0 Å². The largest absolute Gasteiger partial charge is 0.394 e. The standard InChI is InChI=1S/C16H25NO2/c1-13-7-9-15(10-8-13)19-12-16(17,11-18)14-5-3-2-4-6-14/h2-6,13,15,18H,7-12,17H2,1H3. The number of benzene rings is 1. The topological polar surface area (TPSA) is 55.5 Å². The van der Waals surface area contributed by atoms with Gasteiger partial charge in [0, 0.05) is 0 Å². The first-order valence-electron chi connectivity index (χ1n) is 7.21. The van der Waals surface area contributed by atoms with Crippen molar-refractivity contribution in [3.8, 4) is 0 Å². The van der Waals surface area contributed by atoms with Crippen LogP contribution in [-0.4, -0.2) is 24.4 Å². The first-order valence-corrected chi connectivity index (χ1v) is 7.21. The number of aliphatic hydroxyl groups is 1. The van der Waals surface area contributed by atoms with E-state index >= 15 is 0 Å². The Kier molecular flexibility index (Phi) is 4.97. The number of nitrogens with two attached hydrogens (primary N) is 1. The summed E-state index contributed by atoms with van der Waals surface area (Å²) in [5.41, 5.74) is 6.43. The fraction of sp³-hybridized carbons (Fsp3) is 0.625. The van der Waals surface area contributed by atoms with Crippen molar-refractivity contribution in [3.05, 3.63) is 35.9 Å². The molecule has 0 heterocycles. The van der Waals surface area contributed by atoms with Gasteiger partial charge in [-0.05, 0) is 37.2 Å². The van der Waals surface area contributed by atoms with Crippen LogP contribution in [-0.2, 0) is 10.3 Å². The predicted molar refractivity (Wildman–Crippen MR) is 76.8 cm³/mol. The second kappa shape index (κ2) is 6.51. The van der Waals surface area contributed by atoms with E-state index in [0.717, 1.165) is 24.3 Å². The van der Waals surface area contributed by atoms with E-state index in [4.69, 9.17) is 10.5 Å². The third-order valence-corrected chi connectivity index (χ3v) is 4.17. The summed E-state index contributed by atoms with van der Waals surface area (Å²) in [6.45, 7) is 2.58. The Bertz CT molecular complexity index is 374. The molecule has 2 rings (SSSR count). The highest BCUT2D eigenvalue weighted by atomic mass is 16.5. The Hall–Kier alpha value is -0.900. The normalized spacial score (nSPS) is 26.9. The summed E-state index contributed by atoms with van der Waals surface area (Å²) in [4.78, 5) is 0. The molecule has 0 saturated heterocycles. The van der Waals surface area contributed by atoms with E-state index < -0.39 is 5.54 Å². The van der Waals surface area contributed by atoms with Gasteiger partial charge in [-0.1, -0.05) is 37.3 Å². The lowest BCUT2D eigenvalue weighted by atomic mass is 9.88. The van der Waals surface area contributed by atoms with Gasteiger partial charge in [-0.3, -0.25) is 0 Å². The SMILES string of the molecule is CC1CCC(OCC(N)(CO)c2ccccc2)CC1. The van der Waals surface area contributed by atoms with E-state index in [-0.39, 0.29) is 6.61 Å². The molecule has 0 aliphatic heterocycles. The molecule has 3 heteroatoms. The van der Waals surface area contributed by atoms with E-state index in [1.165, 1.54) is 12.8 Å². The summed E-state index contributed by atoms with van der Waals surface area (Å²) in [5, 5.41) is 9.61. The fourth-order valence-electron chi connectivity index (χ4n) is 2.65. The van der Waals surface area contributed by atoms with Crippen LogP contribution in [0.4, 0.5) is 0 Å². The molecule has 1 fully saturated rings. The zero-order valence-electron chi connectivity index (χ0n) is 11.7. The van der Waals surface area contributed by atoms with Gasteiger partial charge in [0.25, 0.3) is 0 Å². The molecule has 1 atom stereocenters. The smallest absolute Gasteiger partial charge is 0.0881 e. The minimum Gasteiger partial charge on any atom is -0.394 e. The highest BCUT2D eigenvalue weighted by molar-refractivity contribution is 5.24. The van der Waals surface area contributed by atoms with Gasteiger partial charge in [0.15, 0.2) is 0 Å². The van der Waals surface area contributed by atoms with Gasteiger partial charge >= 0.3 is 0 Å². The lowest BCUT2D eigenvalue weighted by Crippen LogP contribution is -2.46. The number of aliphatic hydroxyl groups excluding tert-OH is 1. The molecule has 1 aliphatic carbocycles. The van der Waals surface area contributed by atoms with Crippen molar-refractivity contribution in [3.63, 3.8) is 0 Å². The molecule has 3 N–H and O–H groups in total. The average Bonchev–Trinajstić information content (AvgIpc) is 2.47. The highest BCUT2D eigenvalue weighted by Crippen LogP contribution is 2.27. The molecule has 0 spiro atoms. The molecule has 3 nitrogen and oxygen atoms in total. The molecule has 0 amide bonds. The summed E-state index contributed by atoms with van der Waals surface area (Å²) in [6, 6.07) is 9.72. The van der Waals surface area contributed by atoms with E-state index in [0.29, 0.717) is 12.7 Å². The first kappa shape index (κ1) is 14.5. The van der Waals surface area contributed by atoms with Crippen molar-refractivity contribution in [1.82, 2.24) is 0 Å². The van der Waals surface area contributed by atoms with Gasteiger partial charge in [0.1, 0.15) is 0 Å². The van der Waals surface area contributed by atoms with Crippen LogP contribution in [0, 0.1) is 5.92 Å². The van der Waals surface area contributed by atoms with Gasteiger partial charge in [-0.15, -0.1) is 0 Å². The number of rotatable bonds is 5. The van der Waals surface area contributed by atoms with Crippen LogP contribution < -0.4 is 5.73 Å². The predicted octanol–water partition coefficient (Wildman–Crippen LogP) is 2.43. The number of hydrogen-bond acceptors (Lipinski definition) is 3. The monoisotopic (exact) mass is 263 g/mol. The molecule has 1 aromatic carbocycles. The number of hydrogen-bond donors (Lipinski definition) is 2. The van der Waals surface area contributed by atoms with Crippen LogP contribution in [0.25, 0.3) is 0 Å². The summed E-state index contributed by atoms with van der Waals surface area (Å²) in [5.74, 6) is 0.814. The van der Waals surface area contributed by atoms with E-state index in [9.17, 15) is 5.11 Å². The highest BCUT2D eigenvalue weighted by Gasteiger charge is 2.29. The Morgan fingerprint density at radius 3 is 2.42 bits per heavy atom. The molecule has 1 aromatic rings. The van der Waals surface area contributed by atoms with Crippen LogP contribution in [0.15, 0.2) is 30.3 Å². The average molecular weight is 263 g/mol. The Labute approximate surface area is 115 Å². The summed E-state index contributed by atoms with van der Waals surface area (Å²) in [6.07, 6.45) is 4.98. The van der Waals surface area contributed by atoms with Crippen LogP contribution in [0.2, 0.25) is 0 Å². The molecule has 19 heavy (non-hydrogen) atoms. The lowest BCUT2D eigenvalue weighted by molar-refractivity contribution is -0.0201. The maximum atomic E-state index is 9.61. The Balaban J connectivity index is 1.92. The maximum Gasteiger partial charge on any atom is 0.0881 e. The van der Waals surface area contributed by atoms with Crippen LogP contribution >= 0.6 is 0 Å². The van der Waals surface area contributed by atoms with E-state index in [2.05, 4.69) is 6.92 Å². The molecule has 0 bridgehead atoms. The summed E-state index contributed by atoms with van der Waals surface area (Å²) >= 11 is 0. The molecule has 1 saturated carbocycles. The van der Waals surface area contributed by atoms with Gasteiger partial charge in [0.2, 0.25) is 0 Å². The second-order valence-corrected chi connectivity index (χ2v) is 5.87. The zero-order chi connectivity index (χ0) is 13.7.